The highest BCUT2D eigenvalue weighted by molar-refractivity contribution is 5.94. The molecule has 0 radical (unpaired) electrons. The van der Waals surface area contributed by atoms with Crippen molar-refractivity contribution in [3.63, 3.8) is 0 Å². The average Bonchev–Trinajstić information content (AvgIpc) is 2.45. The van der Waals surface area contributed by atoms with E-state index in [2.05, 4.69) is 0 Å². The second-order valence-electron chi connectivity index (χ2n) is 4.75. The number of piperidine rings is 1. The molecule has 7 heteroatoms. The zero-order chi connectivity index (χ0) is 14.7. The minimum Gasteiger partial charge on any atom is -0.394 e. The van der Waals surface area contributed by atoms with Gasteiger partial charge in [-0.2, -0.15) is 4.39 Å². The summed E-state index contributed by atoms with van der Waals surface area (Å²) in [5.74, 6) is -1.43. The predicted octanol–water partition coefficient (Wildman–Crippen LogP) is 1.72. The quantitative estimate of drug-likeness (QED) is 0.676. The number of carbonyl (C=O) groups excluding carboxylic acids is 1. The largest absolute Gasteiger partial charge is 0.394 e. The van der Waals surface area contributed by atoms with Crippen molar-refractivity contribution in [2.24, 2.45) is 0 Å². The minimum absolute atomic E-state index is 0.0634. The molecule has 1 aliphatic heterocycles. The Hall–Kier alpha value is -2.02. The smallest absolute Gasteiger partial charge is 0.304 e. The van der Waals surface area contributed by atoms with Crippen molar-refractivity contribution in [3.05, 3.63) is 39.7 Å². The molecule has 1 aliphatic rings. The first-order valence-electron chi connectivity index (χ1n) is 6.40. The summed E-state index contributed by atoms with van der Waals surface area (Å²) < 4.78 is 13.5. The van der Waals surface area contributed by atoms with E-state index in [9.17, 15) is 24.4 Å². The summed E-state index contributed by atoms with van der Waals surface area (Å²) >= 11 is 0. The summed E-state index contributed by atoms with van der Waals surface area (Å²) in [6, 6.07) is 2.84. The van der Waals surface area contributed by atoms with Crippen LogP contribution in [0.4, 0.5) is 10.1 Å². The van der Waals surface area contributed by atoms with Crippen molar-refractivity contribution in [2.45, 2.75) is 25.3 Å². The Morgan fingerprint density at radius 3 is 2.85 bits per heavy atom. The predicted molar refractivity (Wildman–Crippen MR) is 68.8 cm³/mol. The lowest BCUT2D eigenvalue weighted by molar-refractivity contribution is -0.387. The molecule has 0 bridgehead atoms. The second kappa shape index (κ2) is 5.96. The van der Waals surface area contributed by atoms with E-state index in [0.29, 0.717) is 13.0 Å². The number of hydrogen-bond acceptors (Lipinski definition) is 4. The van der Waals surface area contributed by atoms with Crippen LogP contribution in [-0.2, 0) is 0 Å². The molecule has 0 aromatic heterocycles. The molecule has 6 nitrogen and oxygen atoms in total. The fourth-order valence-electron chi connectivity index (χ4n) is 2.41. The van der Waals surface area contributed by atoms with Crippen LogP contribution >= 0.6 is 0 Å². The highest BCUT2D eigenvalue weighted by atomic mass is 19.1. The van der Waals surface area contributed by atoms with Crippen molar-refractivity contribution in [1.29, 1.82) is 0 Å². The Balaban J connectivity index is 2.24. The first kappa shape index (κ1) is 14.4. The number of hydrogen-bond donors (Lipinski definition) is 1. The van der Waals surface area contributed by atoms with Crippen LogP contribution in [0.5, 0.6) is 0 Å². The number of halogens is 1. The molecule has 0 saturated carbocycles. The van der Waals surface area contributed by atoms with Gasteiger partial charge in [0.1, 0.15) is 0 Å². The van der Waals surface area contributed by atoms with Gasteiger partial charge in [0.2, 0.25) is 5.82 Å². The highest BCUT2D eigenvalue weighted by Crippen LogP contribution is 2.22. The number of carbonyl (C=O) groups is 1. The van der Waals surface area contributed by atoms with Gasteiger partial charge in [0.25, 0.3) is 5.91 Å². The van der Waals surface area contributed by atoms with E-state index in [1.165, 1.54) is 11.0 Å². The number of nitrogens with zero attached hydrogens (tertiary/aromatic N) is 2. The first-order valence-corrected chi connectivity index (χ1v) is 6.40. The van der Waals surface area contributed by atoms with E-state index in [0.717, 1.165) is 25.0 Å². The van der Waals surface area contributed by atoms with Crippen LogP contribution in [0.1, 0.15) is 29.6 Å². The Bertz CT molecular complexity index is 535. The van der Waals surface area contributed by atoms with Crippen LogP contribution in [0, 0.1) is 15.9 Å². The zero-order valence-electron chi connectivity index (χ0n) is 10.8. The van der Waals surface area contributed by atoms with Crippen LogP contribution in [0.3, 0.4) is 0 Å². The number of aliphatic hydroxyl groups is 1. The van der Waals surface area contributed by atoms with Gasteiger partial charge in [-0.15, -0.1) is 0 Å². The van der Waals surface area contributed by atoms with Gasteiger partial charge in [-0.05, 0) is 31.4 Å². The number of nitro groups is 1. The summed E-state index contributed by atoms with van der Waals surface area (Å²) in [7, 11) is 0. The highest BCUT2D eigenvalue weighted by Gasteiger charge is 2.28. The fourth-order valence-corrected chi connectivity index (χ4v) is 2.41. The normalized spacial score (nSPS) is 18.9. The van der Waals surface area contributed by atoms with Crippen molar-refractivity contribution in [3.8, 4) is 0 Å². The summed E-state index contributed by atoms with van der Waals surface area (Å²) in [5.41, 5.74) is -0.590. The molecule has 1 unspecified atom stereocenters. The Morgan fingerprint density at radius 1 is 1.50 bits per heavy atom. The topological polar surface area (TPSA) is 83.7 Å². The Labute approximate surface area is 115 Å². The standard InChI is InChI=1S/C13H15FN2O4/c14-11-7-9(4-5-12(11)16(19)20)13(18)15-6-2-1-3-10(15)8-17/h4-5,7,10,17H,1-3,6,8H2. The van der Waals surface area contributed by atoms with E-state index < -0.39 is 22.3 Å². The van der Waals surface area contributed by atoms with Crippen molar-refractivity contribution >= 4 is 11.6 Å². The molecule has 1 amide bonds. The lowest BCUT2D eigenvalue weighted by atomic mass is 10.0. The molecule has 1 aromatic rings. The number of rotatable bonds is 3. The molecular formula is C13H15FN2O4. The van der Waals surface area contributed by atoms with Gasteiger partial charge in [-0.1, -0.05) is 0 Å². The molecular weight excluding hydrogens is 267 g/mol. The molecule has 2 rings (SSSR count). The van der Waals surface area contributed by atoms with E-state index in [4.69, 9.17) is 0 Å². The van der Waals surface area contributed by atoms with E-state index >= 15 is 0 Å². The molecule has 108 valence electrons. The first-order chi connectivity index (χ1) is 9.54. The zero-order valence-corrected chi connectivity index (χ0v) is 10.8. The maximum absolute atomic E-state index is 13.5. The van der Waals surface area contributed by atoms with Crippen molar-refractivity contribution < 1.29 is 19.2 Å². The lowest BCUT2D eigenvalue weighted by Gasteiger charge is -2.34. The maximum atomic E-state index is 13.5. The maximum Gasteiger partial charge on any atom is 0.304 e. The monoisotopic (exact) mass is 282 g/mol. The van der Waals surface area contributed by atoms with Gasteiger partial charge in [-0.25, -0.2) is 0 Å². The number of amides is 1. The average molecular weight is 282 g/mol. The fraction of sp³-hybridized carbons (Fsp3) is 0.462. The Morgan fingerprint density at radius 2 is 2.25 bits per heavy atom. The number of aliphatic hydroxyl groups excluding tert-OH is 1. The Kier molecular flexibility index (Phi) is 4.29. The summed E-state index contributed by atoms with van der Waals surface area (Å²) in [4.78, 5) is 23.5. The third-order valence-corrected chi connectivity index (χ3v) is 3.49. The molecule has 1 saturated heterocycles. The van der Waals surface area contributed by atoms with Gasteiger partial charge in [-0.3, -0.25) is 14.9 Å². The van der Waals surface area contributed by atoms with E-state index in [1.807, 2.05) is 0 Å². The van der Waals surface area contributed by atoms with Crippen LogP contribution in [0.25, 0.3) is 0 Å². The number of nitro benzene ring substituents is 1. The SMILES string of the molecule is O=C(c1ccc([N+](=O)[O-])c(F)c1)N1CCCCC1CO. The van der Waals surface area contributed by atoms with E-state index in [1.54, 1.807) is 0 Å². The number of benzene rings is 1. The third-order valence-electron chi connectivity index (χ3n) is 3.49. The van der Waals surface area contributed by atoms with Crippen LogP contribution in [-0.4, -0.2) is 40.0 Å². The summed E-state index contributed by atoms with van der Waals surface area (Å²) in [5, 5.41) is 19.8. The van der Waals surface area contributed by atoms with Gasteiger partial charge in [0.05, 0.1) is 17.6 Å². The molecule has 0 spiro atoms. The van der Waals surface area contributed by atoms with Gasteiger partial charge in [0, 0.05) is 18.2 Å². The van der Waals surface area contributed by atoms with E-state index in [-0.39, 0.29) is 18.2 Å². The van der Waals surface area contributed by atoms with Crippen LogP contribution in [0.15, 0.2) is 18.2 Å². The van der Waals surface area contributed by atoms with Gasteiger partial charge in [0.15, 0.2) is 0 Å². The molecule has 1 aromatic carbocycles. The summed E-state index contributed by atoms with van der Waals surface area (Å²) in [6.07, 6.45) is 2.47. The van der Waals surface area contributed by atoms with Gasteiger partial charge < -0.3 is 10.0 Å². The molecule has 1 heterocycles. The third kappa shape index (κ3) is 2.77. The number of likely N-dealkylation sites (tertiary alicyclic amines) is 1. The van der Waals surface area contributed by atoms with Gasteiger partial charge >= 0.3 is 5.69 Å². The molecule has 1 atom stereocenters. The minimum atomic E-state index is -1.03. The second-order valence-corrected chi connectivity index (χ2v) is 4.75. The summed E-state index contributed by atoms with van der Waals surface area (Å²) in [6.45, 7) is 0.365. The molecule has 1 N–H and O–H groups in total. The van der Waals surface area contributed by atoms with Crippen molar-refractivity contribution in [1.82, 2.24) is 4.90 Å². The molecule has 0 aliphatic carbocycles. The molecule has 1 fully saturated rings. The van der Waals surface area contributed by atoms with Crippen LogP contribution < -0.4 is 0 Å². The van der Waals surface area contributed by atoms with Crippen LogP contribution in [0.2, 0.25) is 0 Å². The van der Waals surface area contributed by atoms with Crippen molar-refractivity contribution in [2.75, 3.05) is 13.2 Å². The molecule has 20 heavy (non-hydrogen) atoms. The lowest BCUT2D eigenvalue weighted by Crippen LogP contribution is -2.45.